The molecule has 6 nitrogen and oxygen atoms in total. The minimum atomic E-state index is -0.110. The van der Waals surface area contributed by atoms with Crippen molar-refractivity contribution in [1.29, 1.82) is 0 Å². The van der Waals surface area contributed by atoms with Gasteiger partial charge in [-0.1, -0.05) is 35.5 Å². The summed E-state index contributed by atoms with van der Waals surface area (Å²) in [7, 11) is 1.60. The molecule has 0 fully saturated rings. The Hall–Kier alpha value is -1.83. The SMILES string of the molecule is CCN(CC)c1cc(Cl)nc(SCc2cccc(C(=O)NCCOC)c2)n1. The smallest absolute Gasteiger partial charge is 0.251 e. The number of carbonyl (C=O) groups is 1. The Labute approximate surface area is 169 Å². The number of anilines is 1. The maximum absolute atomic E-state index is 12.2. The number of rotatable bonds is 10. The third-order valence-electron chi connectivity index (χ3n) is 3.90. The summed E-state index contributed by atoms with van der Waals surface area (Å²) in [6.07, 6.45) is 0. The second-order valence-corrected chi connectivity index (χ2v) is 7.07. The van der Waals surface area contributed by atoms with Crippen LogP contribution in [0.2, 0.25) is 5.15 Å². The van der Waals surface area contributed by atoms with E-state index in [0.717, 1.165) is 24.5 Å². The van der Waals surface area contributed by atoms with Crippen LogP contribution < -0.4 is 10.2 Å². The van der Waals surface area contributed by atoms with E-state index in [9.17, 15) is 4.79 Å². The number of carbonyl (C=O) groups excluding carboxylic acids is 1. The predicted molar refractivity (Wildman–Crippen MR) is 111 cm³/mol. The van der Waals surface area contributed by atoms with Gasteiger partial charge in [0, 0.05) is 44.1 Å². The molecule has 2 aromatic rings. The number of methoxy groups -OCH3 is 1. The average molecular weight is 409 g/mol. The summed E-state index contributed by atoms with van der Waals surface area (Å²) in [5.41, 5.74) is 1.65. The zero-order valence-electron chi connectivity index (χ0n) is 15.9. The highest BCUT2D eigenvalue weighted by Crippen LogP contribution is 2.24. The average Bonchev–Trinajstić information content (AvgIpc) is 2.67. The first-order chi connectivity index (χ1) is 13.1. The van der Waals surface area contributed by atoms with E-state index in [-0.39, 0.29) is 5.91 Å². The molecule has 0 aliphatic carbocycles. The number of hydrogen-bond acceptors (Lipinski definition) is 6. The number of amides is 1. The van der Waals surface area contributed by atoms with Gasteiger partial charge in [0.05, 0.1) is 6.61 Å². The fraction of sp³-hybridized carbons (Fsp3) is 0.421. The molecule has 0 bridgehead atoms. The van der Waals surface area contributed by atoms with Gasteiger partial charge in [-0.3, -0.25) is 4.79 Å². The van der Waals surface area contributed by atoms with Crippen molar-refractivity contribution < 1.29 is 9.53 Å². The van der Waals surface area contributed by atoms with E-state index in [4.69, 9.17) is 16.3 Å². The quantitative estimate of drug-likeness (QED) is 0.280. The topological polar surface area (TPSA) is 67.4 Å². The second kappa shape index (κ2) is 11.1. The monoisotopic (exact) mass is 408 g/mol. The molecule has 0 spiro atoms. The van der Waals surface area contributed by atoms with Crippen LogP contribution in [-0.4, -0.2) is 49.2 Å². The van der Waals surface area contributed by atoms with Gasteiger partial charge < -0.3 is 15.0 Å². The van der Waals surface area contributed by atoms with Gasteiger partial charge >= 0.3 is 0 Å². The Bertz CT molecular complexity index is 756. The molecule has 0 saturated heterocycles. The Morgan fingerprint density at radius 1 is 1.26 bits per heavy atom. The first-order valence-corrected chi connectivity index (χ1v) is 10.2. The van der Waals surface area contributed by atoms with E-state index < -0.39 is 0 Å². The van der Waals surface area contributed by atoms with Crippen molar-refractivity contribution in [3.05, 3.63) is 46.6 Å². The Morgan fingerprint density at radius 3 is 2.74 bits per heavy atom. The summed E-state index contributed by atoms with van der Waals surface area (Å²) in [5, 5.41) is 3.88. The van der Waals surface area contributed by atoms with Crippen LogP contribution >= 0.6 is 23.4 Å². The summed E-state index contributed by atoms with van der Waals surface area (Å²) < 4.78 is 4.95. The summed E-state index contributed by atoms with van der Waals surface area (Å²) in [6.45, 7) is 6.84. The molecule has 146 valence electrons. The fourth-order valence-electron chi connectivity index (χ4n) is 2.48. The zero-order chi connectivity index (χ0) is 19.6. The van der Waals surface area contributed by atoms with Crippen molar-refractivity contribution in [1.82, 2.24) is 15.3 Å². The van der Waals surface area contributed by atoms with Crippen molar-refractivity contribution in [2.75, 3.05) is 38.3 Å². The molecule has 1 amide bonds. The van der Waals surface area contributed by atoms with Crippen molar-refractivity contribution in [2.24, 2.45) is 0 Å². The summed E-state index contributed by atoms with van der Waals surface area (Å²) in [4.78, 5) is 23.2. The van der Waals surface area contributed by atoms with Gasteiger partial charge in [-0.2, -0.15) is 0 Å². The van der Waals surface area contributed by atoms with Gasteiger partial charge in [-0.25, -0.2) is 9.97 Å². The van der Waals surface area contributed by atoms with Crippen molar-refractivity contribution in [2.45, 2.75) is 24.8 Å². The molecule has 0 atom stereocenters. The highest BCUT2D eigenvalue weighted by molar-refractivity contribution is 7.98. The summed E-state index contributed by atoms with van der Waals surface area (Å²) in [5.74, 6) is 1.37. The molecule has 0 radical (unpaired) electrons. The lowest BCUT2D eigenvalue weighted by molar-refractivity contribution is 0.0937. The van der Waals surface area contributed by atoms with Crippen molar-refractivity contribution in [3.8, 4) is 0 Å². The molecule has 8 heteroatoms. The predicted octanol–water partition coefficient (Wildman–Crippen LogP) is 3.64. The molecule has 1 heterocycles. The molecule has 0 saturated carbocycles. The number of hydrogen-bond donors (Lipinski definition) is 1. The Morgan fingerprint density at radius 2 is 2.04 bits per heavy atom. The van der Waals surface area contributed by atoms with E-state index in [2.05, 4.69) is 34.0 Å². The van der Waals surface area contributed by atoms with Gasteiger partial charge in [0.15, 0.2) is 5.16 Å². The number of ether oxygens (including phenoxy) is 1. The van der Waals surface area contributed by atoms with Crippen LogP contribution in [0.5, 0.6) is 0 Å². The van der Waals surface area contributed by atoms with Gasteiger partial charge in [0.2, 0.25) is 0 Å². The fourth-order valence-corrected chi connectivity index (χ4v) is 3.50. The van der Waals surface area contributed by atoms with Crippen LogP contribution in [0.3, 0.4) is 0 Å². The molecule has 0 aliphatic heterocycles. The number of nitrogens with one attached hydrogen (secondary N) is 1. The second-order valence-electron chi connectivity index (χ2n) is 5.74. The normalized spacial score (nSPS) is 10.7. The van der Waals surface area contributed by atoms with E-state index >= 15 is 0 Å². The molecule has 2 rings (SSSR count). The number of benzene rings is 1. The van der Waals surface area contributed by atoms with E-state index in [0.29, 0.717) is 34.8 Å². The molecular formula is C19H25ClN4O2S. The number of halogens is 1. The van der Waals surface area contributed by atoms with Crippen molar-refractivity contribution in [3.63, 3.8) is 0 Å². The summed E-state index contributed by atoms with van der Waals surface area (Å²) >= 11 is 7.66. The number of aromatic nitrogens is 2. The molecule has 1 aromatic carbocycles. The maximum Gasteiger partial charge on any atom is 0.251 e. The maximum atomic E-state index is 12.2. The molecular weight excluding hydrogens is 384 g/mol. The largest absolute Gasteiger partial charge is 0.383 e. The van der Waals surface area contributed by atoms with Gasteiger partial charge in [0.1, 0.15) is 11.0 Å². The van der Waals surface area contributed by atoms with Crippen LogP contribution in [-0.2, 0) is 10.5 Å². The first-order valence-electron chi connectivity index (χ1n) is 8.85. The lowest BCUT2D eigenvalue weighted by Crippen LogP contribution is -2.26. The Kier molecular flexibility index (Phi) is 8.84. The standard InChI is InChI=1S/C19H25ClN4O2S/c1-4-24(5-2)17-12-16(20)22-19(23-17)27-13-14-7-6-8-15(11-14)18(25)21-9-10-26-3/h6-8,11-12H,4-5,9-10,13H2,1-3H3,(H,21,25). The van der Waals surface area contributed by atoms with Crippen LogP contribution in [0, 0.1) is 0 Å². The van der Waals surface area contributed by atoms with Crippen LogP contribution in [0.4, 0.5) is 5.82 Å². The Balaban J connectivity index is 2.04. The lowest BCUT2D eigenvalue weighted by Gasteiger charge is -2.20. The van der Waals surface area contributed by atoms with Gasteiger partial charge in [-0.05, 0) is 31.5 Å². The zero-order valence-corrected chi connectivity index (χ0v) is 17.4. The summed E-state index contributed by atoms with van der Waals surface area (Å²) in [6, 6.07) is 9.31. The van der Waals surface area contributed by atoms with Crippen LogP contribution in [0.15, 0.2) is 35.5 Å². The lowest BCUT2D eigenvalue weighted by atomic mass is 10.1. The first kappa shape index (κ1) is 21.5. The van der Waals surface area contributed by atoms with Crippen LogP contribution in [0.25, 0.3) is 0 Å². The van der Waals surface area contributed by atoms with Gasteiger partial charge in [-0.15, -0.1) is 0 Å². The van der Waals surface area contributed by atoms with Crippen molar-refractivity contribution >= 4 is 35.1 Å². The van der Waals surface area contributed by atoms with Crippen LogP contribution in [0.1, 0.15) is 29.8 Å². The highest BCUT2D eigenvalue weighted by Gasteiger charge is 2.10. The molecule has 0 unspecified atom stereocenters. The van der Waals surface area contributed by atoms with E-state index in [1.54, 1.807) is 19.2 Å². The van der Waals surface area contributed by atoms with E-state index in [1.165, 1.54) is 11.8 Å². The molecule has 0 aliphatic rings. The molecule has 27 heavy (non-hydrogen) atoms. The minimum absolute atomic E-state index is 0.110. The molecule has 1 aromatic heterocycles. The van der Waals surface area contributed by atoms with Gasteiger partial charge in [0.25, 0.3) is 5.91 Å². The number of nitrogens with zero attached hydrogens (tertiary/aromatic N) is 3. The van der Waals surface area contributed by atoms with E-state index in [1.807, 2.05) is 18.2 Å². The highest BCUT2D eigenvalue weighted by atomic mass is 35.5. The third kappa shape index (κ3) is 6.68. The minimum Gasteiger partial charge on any atom is -0.383 e. The molecule has 1 N–H and O–H groups in total. The third-order valence-corrected chi connectivity index (χ3v) is 5.01. The number of thioether (sulfide) groups is 1.